The number of aryl methyl sites for hydroxylation is 1. The third-order valence-corrected chi connectivity index (χ3v) is 15.0. The summed E-state index contributed by atoms with van der Waals surface area (Å²) in [5.74, 6) is 2.61. The van der Waals surface area contributed by atoms with Crippen LogP contribution in [0.4, 0.5) is 0 Å². The molecule has 0 fully saturated rings. The van der Waals surface area contributed by atoms with Crippen molar-refractivity contribution >= 4 is 29.8 Å². The van der Waals surface area contributed by atoms with E-state index in [4.69, 9.17) is 18.9 Å². The predicted octanol–water partition coefficient (Wildman–Crippen LogP) is 11.5. The first-order valence-corrected chi connectivity index (χ1v) is 24.8. The molecule has 0 aliphatic rings. The average Bonchev–Trinajstić information content (AvgIpc) is 3.32. The third-order valence-electron chi connectivity index (χ3n) is 10.5. The van der Waals surface area contributed by atoms with Crippen LogP contribution in [-0.2, 0) is 42.6 Å². The first kappa shape index (κ1) is 45.3. The normalized spacial score (nSPS) is 11.7. The van der Waals surface area contributed by atoms with Gasteiger partial charge in [0.1, 0.15) is 45.1 Å². The van der Waals surface area contributed by atoms with E-state index in [1.54, 1.807) is 60.7 Å². The molecule has 0 aliphatic heterocycles. The molecule has 0 aliphatic carbocycles. The van der Waals surface area contributed by atoms with Crippen molar-refractivity contribution in [1.82, 2.24) is 0 Å². The molecule has 0 radical (unpaired) electrons. The van der Waals surface area contributed by atoms with Gasteiger partial charge in [-0.15, -0.1) is 0 Å². The van der Waals surface area contributed by atoms with Crippen LogP contribution in [0.15, 0.2) is 213 Å². The summed E-state index contributed by atoms with van der Waals surface area (Å²) in [6.07, 6.45) is 1.35. The van der Waals surface area contributed by atoms with Gasteiger partial charge >= 0.3 is 0 Å². The van der Waals surface area contributed by atoms with Gasteiger partial charge in [0, 0.05) is 0 Å². The highest BCUT2D eigenvalue weighted by Crippen LogP contribution is 2.34. The van der Waals surface area contributed by atoms with Crippen LogP contribution in [0.3, 0.4) is 0 Å². The fourth-order valence-electron chi connectivity index (χ4n) is 6.94. The first-order chi connectivity index (χ1) is 31.6. The number of ether oxygens (including phenoxy) is 4. The molecule has 0 amide bonds. The van der Waals surface area contributed by atoms with Crippen molar-refractivity contribution in [2.45, 2.75) is 44.2 Å². The van der Waals surface area contributed by atoms with Gasteiger partial charge in [-0.2, -0.15) is 8.42 Å². The minimum atomic E-state index is -4.88. The molecule has 0 unspecified atom stereocenters. The van der Waals surface area contributed by atoms with Gasteiger partial charge in [-0.3, -0.25) is 4.55 Å². The maximum Gasteiger partial charge on any atom is 0.298 e. The standard InChI is InChI=1S/C52H42O11S3/c1-36-3-5-37(6-4-36)33-38-7-13-42(14-8-38)61-44-21-27-47(28-22-44)64(53,54)48-29-23-45(24-30-48)62-43-15-9-39(10-16-43)34-40-11-17-46(18-12-40)63-51-32-31-50(35-52(51)66(57,58)59)65(55,56)49-25-19-41(60-2)20-26-49/h3-32,35H,33-34H2,1-2H3,(H,57,58,59). The minimum absolute atomic E-state index is 0.0881. The SMILES string of the molecule is COc1ccc(S(=O)(=O)c2ccc(Oc3ccc(Cc4ccc(Oc5ccc(S(=O)(=O)c6ccc(Oc7ccc(Cc8ccc(C)cc8)cc7)cc6)cc5)cc4)cc3)c(S(=O)(=O)O)c2)cc1. The van der Waals surface area contributed by atoms with Crippen molar-refractivity contribution in [2.24, 2.45) is 0 Å². The molecule has 0 atom stereocenters. The molecule has 0 heterocycles. The molecule has 1 N–H and O–H groups in total. The third kappa shape index (κ3) is 10.8. The van der Waals surface area contributed by atoms with E-state index in [-0.39, 0.29) is 31.1 Å². The fourth-order valence-corrected chi connectivity index (χ4v) is 10.2. The Balaban J connectivity index is 0.847. The lowest BCUT2D eigenvalue weighted by molar-refractivity contribution is 0.414. The minimum Gasteiger partial charge on any atom is -0.497 e. The Morgan fingerprint density at radius 2 is 0.682 bits per heavy atom. The largest absolute Gasteiger partial charge is 0.497 e. The Morgan fingerprint density at radius 1 is 0.379 bits per heavy atom. The molecule has 0 saturated carbocycles. The van der Waals surface area contributed by atoms with E-state index in [1.165, 1.54) is 78.9 Å². The zero-order valence-corrected chi connectivity index (χ0v) is 38.0. The number of sulfone groups is 2. The summed E-state index contributed by atoms with van der Waals surface area (Å²) in [4.78, 5) is -0.889. The molecular weight excluding hydrogens is 897 g/mol. The van der Waals surface area contributed by atoms with Crippen molar-refractivity contribution in [3.05, 3.63) is 216 Å². The molecule has 66 heavy (non-hydrogen) atoms. The van der Waals surface area contributed by atoms with Gasteiger partial charge in [-0.1, -0.05) is 66.2 Å². The Bertz CT molecular complexity index is 3300. The lowest BCUT2D eigenvalue weighted by atomic mass is 10.0. The van der Waals surface area contributed by atoms with E-state index in [2.05, 4.69) is 31.2 Å². The van der Waals surface area contributed by atoms with Gasteiger partial charge in [0.25, 0.3) is 10.1 Å². The number of benzene rings is 8. The molecule has 11 nitrogen and oxygen atoms in total. The molecule has 14 heteroatoms. The second-order valence-electron chi connectivity index (χ2n) is 15.3. The quantitative estimate of drug-likeness (QED) is 0.0919. The summed E-state index contributed by atoms with van der Waals surface area (Å²) in [5, 5.41) is 0. The van der Waals surface area contributed by atoms with E-state index >= 15 is 0 Å². The Labute approximate surface area is 384 Å². The van der Waals surface area contributed by atoms with Gasteiger partial charge in [-0.05, 0) is 169 Å². The molecule has 8 aromatic rings. The van der Waals surface area contributed by atoms with Crippen LogP contribution in [0.2, 0.25) is 0 Å². The van der Waals surface area contributed by atoms with Crippen LogP contribution in [0.1, 0.15) is 27.8 Å². The lowest BCUT2D eigenvalue weighted by Gasteiger charge is -2.13. The number of hydrogen-bond acceptors (Lipinski definition) is 10. The average molecular weight is 939 g/mol. The van der Waals surface area contributed by atoms with Crippen LogP contribution < -0.4 is 18.9 Å². The number of rotatable bonds is 16. The smallest absolute Gasteiger partial charge is 0.298 e. The summed E-state index contributed by atoms with van der Waals surface area (Å²) in [7, 11) is -11.4. The van der Waals surface area contributed by atoms with Crippen LogP contribution in [-0.4, -0.2) is 36.9 Å². The molecular formula is C52H42O11S3. The molecule has 0 spiro atoms. The number of methoxy groups -OCH3 is 1. The maximum absolute atomic E-state index is 13.5. The summed E-state index contributed by atoms with van der Waals surface area (Å²) >= 11 is 0. The Morgan fingerprint density at radius 3 is 1.05 bits per heavy atom. The Kier molecular flexibility index (Phi) is 13.1. The van der Waals surface area contributed by atoms with E-state index < -0.39 is 34.7 Å². The first-order valence-electron chi connectivity index (χ1n) is 20.4. The monoisotopic (exact) mass is 938 g/mol. The topological polar surface area (TPSA) is 160 Å². The van der Waals surface area contributed by atoms with Crippen LogP contribution in [0, 0.1) is 6.92 Å². The predicted molar refractivity (Wildman–Crippen MR) is 249 cm³/mol. The zero-order valence-electron chi connectivity index (χ0n) is 35.6. The van der Waals surface area contributed by atoms with E-state index in [0.717, 1.165) is 29.2 Å². The van der Waals surface area contributed by atoms with Gasteiger partial charge < -0.3 is 18.9 Å². The maximum atomic E-state index is 13.5. The van der Waals surface area contributed by atoms with Crippen molar-refractivity contribution in [3.8, 4) is 40.2 Å². The molecule has 8 rings (SSSR count). The molecule has 334 valence electrons. The summed E-state index contributed by atoms with van der Waals surface area (Å²) < 4.78 is 111. The summed E-state index contributed by atoms with van der Waals surface area (Å²) in [5.41, 5.74) is 5.47. The van der Waals surface area contributed by atoms with Crippen molar-refractivity contribution in [3.63, 3.8) is 0 Å². The lowest BCUT2D eigenvalue weighted by Crippen LogP contribution is -2.06. The highest BCUT2D eigenvalue weighted by Gasteiger charge is 2.25. The molecule has 0 bridgehead atoms. The van der Waals surface area contributed by atoms with Gasteiger partial charge in [0.15, 0.2) is 0 Å². The highest BCUT2D eigenvalue weighted by molar-refractivity contribution is 7.92. The van der Waals surface area contributed by atoms with Gasteiger partial charge in [-0.25, -0.2) is 16.8 Å². The van der Waals surface area contributed by atoms with Crippen LogP contribution in [0.25, 0.3) is 0 Å². The number of hydrogen-bond donors (Lipinski definition) is 1. The molecule has 0 aromatic heterocycles. The molecule has 8 aromatic carbocycles. The van der Waals surface area contributed by atoms with Gasteiger partial charge in [0.05, 0.1) is 26.7 Å². The second-order valence-corrected chi connectivity index (χ2v) is 20.6. The van der Waals surface area contributed by atoms with Crippen molar-refractivity contribution in [2.75, 3.05) is 7.11 Å². The van der Waals surface area contributed by atoms with E-state index in [0.29, 0.717) is 35.2 Å². The van der Waals surface area contributed by atoms with Crippen molar-refractivity contribution in [1.29, 1.82) is 0 Å². The molecule has 0 saturated heterocycles. The summed E-state index contributed by atoms with van der Waals surface area (Å²) in [6, 6.07) is 51.9. The van der Waals surface area contributed by atoms with E-state index in [9.17, 15) is 29.8 Å². The van der Waals surface area contributed by atoms with Crippen LogP contribution in [0.5, 0.6) is 40.2 Å². The Hall–Kier alpha value is -7.23. The van der Waals surface area contributed by atoms with E-state index in [1.807, 2.05) is 36.4 Å². The summed E-state index contributed by atoms with van der Waals surface area (Å²) in [6.45, 7) is 2.07. The van der Waals surface area contributed by atoms with Crippen LogP contribution >= 0.6 is 0 Å². The zero-order chi connectivity index (χ0) is 46.5. The highest BCUT2D eigenvalue weighted by atomic mass is 32.2. The fraction of sp³-hybridized carbons (Fsp3) is 0.0769. The van der Waals surface area contributed by atoms with Gasteiger partial charge in [0.2, 0.25) is 19.7 Å². The second kappa shape index (κ2) is 19.1. The van der Waals surface area contributed by atoms with Crippen molar-refractivity contribution < 1.29 is 48.8 Å².